The van der Waals surface area contributed by atoms with Crippen LogP contribution in [0.1, 0.15) is 6.92 Å². The SMILES string of the molecule is CC1C=CC2=C(C=C1)OCCNC2. The molecule has 2 nitrogen and oxygen atoms in total. The molecule has 0 fully saturated rings. The lowest BCUT2D eigenvalue weighted by Crippen LogP contribution is -2.18. The van der Waals surface area contributed by atoms with Crippen LogP contribution in [0.5, 0.6) is 0 Å². The van der Waals surface area contributed by atoms with Crippen LogP contribution in [-0.4, -0.2) is 19.7 Å². The minimum atomic E-state index is 0.510. The first-order chi connectivity index (χ1) is 6.36. The van der Waals surface area contributed by atoms with Crippen molar-refractivity contribution in [3.05, 3.63) is 35.6 Å². The van der Waals surface area contributed by atoms with E-state index in [0.717, 1.165) is 25.5 Å². The third kappa shape index (κ3) is 2.01. The van der Waals surface area contributed by atoms with Crippen LogP contribution in [-0.2, 0) is 4.74 Å². The highest BCUT2D eigenvalue weighted by atomic mass is 16.5. The fourth-order valence-electron chi connectivity index (χ4n) is 1.50. The Hall–Kier alpha value is -1.02. The molecule has 1 atom stereocenters. The molecule has 2 rings (SSSR count). The molecule has 0 aromatic rings. The number of hydrogen-bond acceptors (Lipinski definition) is 2. The van der Waals surface area contributed by atoms with Gasteiger partial charge in [0.1, 0.15) is 12.4 Å². The Morgan fingerprint density at radius 2 is 2.23 bits per heavy atom. The Morgan fingerprint density at radius 1 is 1.38 bits per heavy atom. The summed E-state index contributed by atoms with van der Waals surface area (Å²) < 4.78 is 5.61. The molecule has 13 heavy (non-hydrogen) atoms. The molecule has 0 aromatic carbocycles. The van der Waals surface area contributed by atoms with Crippen molar-refractivity contribution >= 4 is 0 Å². The zero-order chi connectivity index (χ0) is 9.10. The van der Waals surface area contributed by atoms with E-state index in [-0.39, 0.29) is 0 Å². The second-order valence-electron chi connectivity index (χ2n) is 3.49. The molecule has 70 valence electrons. The zero-order valence-electron chi connectivity index (χ0n) is 7.92. The molecule has 0 saturated carbocycles. The zero-order valence-corrected chi connectivity index (χ0v) is 7.92. The molecular weight excluding hydrogens is 162 g/mol. The summed E-state index contributed by atoms with van der Waals surface area (Å²) >= 11 is 0. The van der Waals surface area contributed by atoms with Gasteiger partial charge < -0.3 is 10.1 Å². The molecule has 0 radical (unpaired) electrons. The predicted octanol–water partition coefficient (Wildman–Crippen LogP) is 1.62. The van der Waals surface area contributed by atoms with Gasteiger partial charge in [-0.2, -0.15) is 0 Å². The van der Waals surface area contributed by atoms with Gasteiger partial charge in [-0.3, -0.25) is 0 Å². The Morgan fingerprint density at radius 3 is 3.15 bits per heavy atom. The Labute approximate surface area is 79.0 Å². The maximum Gasteiger partial charge on any atom is 0.123 e. The van der Waals surface area contributed by atoms with E-state index in [1.165, 1.54) is 5.57 Å². The van der Waals surface area contributed by atoms with Gasteiger partial charge in [0.2, 0.25) is 0 Å². The van der Waals surface area contributed by atoms with Gasteiger partial charge in [-0.25, -0.2) is 0 Å². The van der Waals surface area contributed by atoms with Gasteiger partial charge in [0, 0.05) is 18.7 Å². The monoisotopic (exact) mass is 177 g/mol. The van der Waals surface area contributed by atoms with Crippen LogP contribution in [0.2, 0.25) is 0 Å². The quantitative estimate of drug-likeness (QED) is 0.607. The van der Waals surface area contributed by atoms with Gasteiger partial charge in [0.05, 0.1) is 0 Å². The van der Waals surface area contributed by atoms with E-state index in [0.29, 0.717) is 5.92 Å². The van der Waals surface area contributed by atoms with E-state index in [4.69, 9.17) is 4.74 Å². The normalized spacial score (nSPS) is 27.6. The summed E-state index contributed by atoms with van der Waals surface area (Å²) in [6.07, 6.45) is 8.63. The number of hydrogen-bond donors (Lipinski definition) is 1. The van der Waals surface area contributed by atoms with Gasteiger partial charge in [-0.05, 0) is 12.0 Å². The van der Waals surface area contributed by atoms with E-state index in [1.54, 1.807) is 0 Å². The van der Waals surface area contributed by atoms with Crippen molar-refractivity contribution in [3.8, 4) is 0 Å². The molecule has 0 bridgehead atoms. The predicted molar refractivity (Wildman–Crippen MR) is 53.3 cm³/mol. The topological polar surface area (TPSA) is 21.3 Å². The summed E-state index contributed by atoms with van der Waals surface area (Å²) in [6, 6.07) is 0. The first-order valence-corrected chi connectivity index (χ1v) is 4.79. The number of allylic oxidation sites excluding steroid dienone is 3. The van der Waals surface area contributed by atoms with E-state index < -0.39 is 0 Å². The summed E-state index contributed by atoms with van der Waals surface area (Å²) in [5, 5.41) is 3.32. The van der Waals surface area contributed by atoms with Gasteiger partial charge >= 0.3 is 0 Å². The summed E-state index contributed by atoms with van der Waals surface area (Å²) in [5.41, 5.74) is 1.26. The van der Waals surface area contributed by atoms with Crippen LogP contribution in [0.3, 0.4) is 0 Å². The molecule has 0 spiro atoms. The molecule has 1 heterocycles. The third-order valence-electron chi connectivity index (χ3n) is 2.32. The van der Waals surface area contributed by atoms with Crippen molar-refractivity contribution in [1.82, 2.24) is 5.32 Å². The smallest absolute Gasteiger partial charge is 0.123 e. The highest BCUT2D eigenvalue weighted by Gasteiger charge is 2.09. The molecule has 0 aromatic heterocycles. The minimum Gasteiger partial charge on any atom is -0.492 e. The average molecular weight is 177 g/mol. The van der Waals surface area contributed by atoms with E-state index in [9.17, 15) is 0 Å². The van der Waals surface area contributed by atoms with Crippen LogP contribution in [0, 0.1) is 5.92 Å². The molecule has 2 heteroatoms. The largest absolute Gasteiger partial charge is 0.492 e. The fraction of sp³-hybridized carbons (Fsp3) is 0.455. The summed E-state index contributed by atoms with van der Waals surface area (Å²) in [7, 11) is 0. The first-order valence-electron chi connectivity index (χ1n) is 4.79. The van der Waals surface area contributed by atoms with Gasteiger partial charge in [0.15, 0.2) is 0 Å². The van der Waals surface area contributed by atoms with E-state index in [1.807, 2.05) is 0 Å². The number of ether oxygens (including phenoxy) is 1. The molecule has 2 aliphatic rings. The van der Waals surface area contributed by atoms with Crippen molar-refractivity contribution in [1.29, 1.82) is 0 Å². The van der Waals surface area contributed by atoms with Crippen LogP contribution in [0.4, 0.5) is 0 Å². The van der Waals surface area contributed by atoms with Crippen molar-refractivity contribution in [2.45, 2.75) is 6.92 Å². The summed E-state index contributed by atoms with van der Waals surface area (Å²) in [5.74, 6) is 1.54. The highest BCUT2D eigenvalue weighted by molar-refractivity contribution is 5.34. The van der Waals surface area contributed by atoms with Gasteiger partial charge in [-0.1, -0.05) is 25.2 Å². The number of rotatable bonds is 0. The highest BCUT2D eigenvalue weighted by Crippen LogP contribution is 2.17. The number of nitrogens with one attached hydrogen (secondary N) is 1. The molecule has 0 saturated heterocycles. The molecule has 1 N–H and O–H groups in total. The molecule has 1 aliphatic carbocycles. The Bertz CT molecular complexity index is 250. The van der Waals surface area contributed by atoms with Crippen LogP contribution in [0.25, 0.3) is 0 Å². The summed E-state index contributed by atoms with van der Waals surface area (Å²) in [6.45, 7) is 4.80. The third-order valence-corrected chi connectivity index (χ3v) is 2.32. The standard InChI is InChI=1S/C11H15NO/c1-9-2-4-10-8-12-6-7-13-11(10)5-3-9/h2-5,9,12H,6-8H2,1H3. The fourth-order valence-corrected chi connectivity index (χ4v) is 1.50. The van der Waals surface area contributed by atoms with Gasteiger partial charge in [0.25, 0.3) is 0 Å². The van der Waals surface area contributed by atoms with Crippen LogP contribution in [0.15, 0.2) is 35.6 Å². The first kappa shape index (κ1) is 8.57. The second-order valence-corrected chi connectivity index (χ2v) is 3.49. The van der Waals surface area contributed by atoms with Crippen LogP contribution < -0.4 is 5.32 Å². The lowest BCUT2D eigenvalue weighted by molar-refractivity contribution is 0.232. The van der Waals surface area contributed by atoms with Gasteiger partial charge in [-0.15, -0.1) is 0 Å². The van der Waals surface area contributed by atoms with Crippen molar-refractivity contribution in [2.24, 2.45) is 5.92 Å². The van der Waals surface area contributed by atoms with E-state index in [2.05, 4.69) is 36.5 Å². The summed E-state index contributed by atoms with van der Waals surface area (Å²) in [4.78, 5) is 0. The second kappa shape index (κ2) is 3.79. The molecule has 0 amide bonds. The molecule has 1 unspecified atom stereocenters. The van der Waals surface area contributed by atoms with Crippen molar-refractivity contribution < 1.29 is 4.74 Å². The van der Waals surface area contributed by atoms with Crippen molar-refractivity contribution in [2.75, 3.05) is 19.7 Å². The lowest BCUT2D eigenvalue weighted by atomic mass is 10.1. The maximum atomic E-state index is 5.61. The molecule has 1 aliphatic heterocycles. The maximum absolute atomic E-state index is 5.61. The average Bonchev–Trinajstić information content (AvgIpc) is 2.43. The van der Waals surface area contributed by atoms with E-state index >= 15 is 0 Å². The Balaban J connectivity index is 2.25. The Kier molecular flexibility index (Phi) is 2.50. The van der Waals surface area contributed by atoms with Crippen LogP contribution >= 0.6 is 0 Å². The minimum absolute atomic E-state index is 0.510. The lowest BCUT2D eigenvalue weighted by Gasteiger charge is -2.03. The van der Waals surface area contributed by atoms with Crippen molar-refractivity contribution in [3.63, 3.8) is 0 Å². The molecular formula is C11H15NO.